The van der Waals surface area contributed by atoms with E-state index < -0.39 is 0 Å². The van der Waals surface area contributed by atoms with Crippen molar-refractivity contribution in [3.8, 4) is 12.3 Å². The first-order chi connectivity index (χ1) is 5.83. The summed E-state index contributed by atoms with van der Waals surface area (Å²) in [5.74, 6) is 3.67. The first kappa shape index (κ1) is 8.34. The van der Waals surface area contributed by atoms with Crippen LogP contribution in [0.5, 0.6) is 0 Å². The van der Waals surface area contributed by atoms with E-state index in [1.807, 2.05) is 0 Å². The van der Waals surface area contributed by atoms with Crippen molar-refractivity contribution in [3.05, 3.63) is 12.4 Å². The number of nitrogens with two attached hydrogens (primary N) is 1. The zero-order valence-electron chi connectivity index (χ0n) is 6.62. The zero-order valence-corrected chi connectivity index (χ0v) is 6.62. The fraction of sp³-hybridized carbons (Fsp3) is 0.250. The summed E-state index contributed by atoms with van der Waals surface area (Å²) in [5, 5.41) is 3.01. The van der Waals surface area contributed by atoms with Crippen LogP contribution in [0.3, 0.4) is 0 Å². The summed E-state index contributed by atoms with van der Waals surface area (Å²) in [6.07, 6.45) is 7.16. The van der Waals surface area contributed by atoms with Gasteiger partial charge in [0.1, 0.15) is 18.0 Å². The Hall–Kier alpha value is -1.76. The molecule has 1 heterocycles. The third kappa shape index (κ3) is 2.46. The molecule has 0 bridgehead atoms. The summed E-state index contributed by atoms with van der Waals surface area (Å²) < 4.78 is 0. The van der Waals surface area contributed by atoms with Crippen LogP contribution in [0.1, 0.15) is 6.42 Å². The highest BCUT2D eigenvalue weighted by Gasteiger charge is 1.92. The molecular weight excluding hydrogens is 152 g/mol. The lowest BCUT2D eigenvalue weighted by atomic mass is 10.4. The fourth-order valence-electron chi connectivity index (χ4n) is 0.732. The van der Waals surface area contributed by atoms with Crippen molar-refractivity contribution >= 4 is 11.6 Å². The summed E-state index contributed by atoms with van der Waals surface area (Å²) >= 11 is 0. The molecule has 12 heavy (non-hydrogen) atoms. The van der Waals surface area contributed by atoms with Crippen LogP contribution in [0.15, 0.2) is 12.4 Å². The van der Waals surface area contributed by atoms with E-state index in [1.165, 1.54) is 6.33 Å². The van der Waals surface area contributed by atoms with Crippen molar-refractivity contribution in [1.82, 2.24) is 9.97 Å². The van der Waals surface area contributed by atoms with Crippen molar-refractivity contribution in [1.29, 1.82) is 0 Å². The number of nitrogens with one attached hydrogen (secondary N) is 1. The molecule has 1 aromatic heterocycles. The highest BCUT2D eigenvalue weighted by Crippen LogP contribution is 2.03. The first-order valence-electron chi connectivity index (χ1n) is 3.58. The quantitative estimate of drug-likeness (QED) is 0.501. The van der Waals surface area contributed by atoms with E-state index in [1.54, 1.807) is 6.07 Å². The largest absolute Gasteiger partial charge is 0.384 e. The second kappa shape index (κ2) is 4.19. The average Bonchev–Trinajstić information content (AvgIpc) is 2.05. The molecule has 4 nitrogen and oxygen atoms in total. The van der Waals surface area contributed by atoms with E-state index in [0.717, 1.165) is 0 Å². The normalized spacial score (nSPS) is 8.92. The second-order valence-corrected chi connectivity index (χ2v) is 2.21. The lowest BCUT2D eigenvalue weighted by Crippen LogP contribution is -2.03. The van der Waals surface area contributed by atoms with Gasteiger partial charge in [0, 0.05) is 19.0 Å². The van der Waals surface area contributed by atoms with Crippen LogP contribution >= 0.6 is 0 Å². The molecule has 1 rings (SSSR count). The molecule has 0 radical (unpaired) electrons. The van der Waals surface area contributed by atoms with Crippen molar-refractivity contribution in [2.24, 2.45) is 0 Å². The number of nitrogens with zero attached hydrogens (tertiary/aromatic N) is 2. The Labute approximate surface area is 71.2 Å². The molecule has 0 saturated heterocycles. The van der Waals surface area contributed by atoms with Crippen LogP contribution < -0.4 is 11.1 Å². The topological polar surface area (TPSA) is 63.8 Å². The van der Waals surface area contributed by atoms with Crippen molar-refractivity contribution in [2.75, 3.05) is 17.6 Å². The minimum atomic E-state index is 0.452. The minimum absolute atomic E-state index is 0.452. The van der Waals surface area contributed by atoms with Gasteiger partial charge in [-0.1, -0.05) is 0 Å². The maximum Gasteiger partial charge on any atom is 0.131 e. The SMILES string of the molecule is C#CCCNc1cc(N)ncn1. The lowest BCUT2D eigenvalue weighted by Gasteiger charge is -2.01. The number of anilines is 2. The number of rotatable bonds is 3. The fourth-order valence-corrected chi connectivity index (χ4v) is 0.732. The Morgan fingerprint density at radius 1 is 1.58 bits per heavy atom. The van der Waals surface area contributed by atoms with Crippen LogP contribution in [-0.2, 0) is 0 Å². The molecule has 0 aliphatic heterocycles. The van der Waals surface area contributed by atoms with Gasteiger partial charge in [-0.05, 0) is 0 Å². The summed E-state index contributed by atoms with van der Waals surface area (Å²) in [5.41, 5.74) is 5.43. The Morgan fingerprint density at radius 2 is 2.42 bits per heavy atom. The van der Waals surface area contributed by atoms with E-state index >= 15 is 0 Å². The number of aromatic nitrogens is 2. The molecule has 0 amide bonds. The molecule has 4 heteroatoms. The Bertz CT molecular complexity index is 289. The smallest absolute Gasteiger partial charge is 0.131 e. The van der Waals surface area contributed by atoms with Gasteiger partial charge in [0.25, 0.3) is 0 Å². The predicted molar refractivity (Wildman–Crippen MR) is 48.4 cm³/mol. The van der Waals surface area contributed by atoms with Crippen molar-refractivity contribution in [3.63, 3.8) is 0 Å². The van der Waals surface area contributed by atoms with Crippen LogP contribution in [-0.4, -0.2) is 16.5 Å². The van der Waals surface area contributed by atoms with Crippen molar-refractivity contribution in [2.45, 2.75) is 6.42 Å². The van der Waals surface area contributed by atoms with Gasteiger partial charge < -0.3 is 11.1 Å². The molecular formula is C8H10N4. The number of hydrogen-bond acceptors (Lipinski definition) is 4. The van der Waals surface area contributed by atoms with Gasteiger partial charge in [-0.15, -0.1) is 12.3 Å². The number of terminal acetylenes is 1. The Kier molecular flexibility index (Phi) is 2.91. The Morgan fingerprint density at radius 3 is 3.08 bits per heavy atom. The van der Waals surface area contributed by atoms with Crippen LogP contribution in [0.4, 0.5) is 11.6 Å². The van der Waals surface area contributed by atoms with Gasteiger partial charge in [0.05, 0.1) is 0 Å². The van der Waals surface area contributed by atoms with Crippen LogP contribution in [0.25, 0.3) is 0 Å². The zero-order chi connectivity index (χ0) is 8.81. The number of hydrogen-bond donors (Lipinski definition) is 2. The van der Waals surface area contributed by atoms with E-state index in [9.17, 15) is 0 Å². The molecule has 0 fully saturated rings. The highest BCUT2D eigenvalue weighted by atomic mass is 15.0. The predicted octanol–water partition coefficient (Wildman–Crippen LogP) is 0.494. The molecule has 0 atom stereocenters. The van der Waals surface area contributed by atoms with Crippen molar-refractivity contribution < 1.29 is 0 Å². The molecule has 0 saturated carbocycles. The van der Waals surface area contributed by atoms with Crippen LogP contribution in [0, 0.1) is 12.3 Å². The van der Waals surface area contributed by atoms with Gasteiger partial charge in [-0.2, -0.15) is 0 Å². The molecule has 0 spiro atoms. The van der Waals surface area contributed by atoms with E-state index in [2.05, 4.69) is 21.2 Å². The maximum atomic E-state index is 5.43. The summed E-state index contributed by atoms with van der Waals surface area (Å²) in [6.45, 7) is 0.701. The molecule has 0 aliphatic rings. The van der Waals surface area contributed by atoms with Gasteiger partial charge in [-0.25, -0.2) is 9.97 Å². The van der Waals surface area contributed by atoms with Gasteiger partial charge in [0.15, 0.2) is 0 Å². The standard InChI is InChI=1S/C8H10N4/c1-2-3-4-10-8-5-7(9)11-6-12-8/h1,5-6H,3-4H2,(H3,9,10,11,12). The summed E-state index contributed by atoms with van der Waals surface area (Å²) in [7, 11) is 0. The summed E-state index contributed by atoms with van der Waals surface area (Å²) in [4.78, 5) is 7.69. The van der Waals surface area contributed by atoms with Gasteiger partial charge in [-0.3, -0.25) is 0 Å². The van der Waals surface area contributed by atoms with E-state index in [4.69, 9.17) is 12.2 Å². The molecule has 0 unspecified atom stereocenters. The molecule has 0 aliphatic carbocycles. The summed E-state index contributed by atoms with van der Waals surface area (Å²) in [6, 6.07) is 1.66. The third-order valence-electron chi connectivity index (χ3n) is 1.26. The molecule has 3 N–H and O–H groups in total. The van der Waals surface area contributed by atoms with Gasteiger partial charge in [0.2, 0.25) is 0 Å². The second-order valence-electron chi connectivity index (χ2n) is 2.21. The molecule has 1 aromatic rings. The van der Waals surface area contributed by atoms with Crippen LogP contribution in [0.2, 0.25) is 0 Å². The first-order valence-corrected chi connectivity index (χ1v) is 3.58. The van der Waals surface area contributed by atoms with E-state index in [0.29, 0.717) is 24.6 Å². The number of nitrogen functional groups attached to an aromatic ring is 1. The third-order valence-corrected chi connectivity index (χ3v) is 1.26. The van der Waals surface area contributed by atoms with Gasteiger partial charge >= 0.3 is 0 Å². The maximum absolute atomic E-state index is 5.43. The average molecular weight is 162 g/mol. The monoisotopic (exact) mass is 162 g/mol. The molecule has 62 valence electrons. The Balaban J connectivity index is 2.48. The minimum Gasteiger partial charge on any atom is -0.384 e. The highest BCUT2D eigenvalue weighted by molar-refractivity contribution is 5.43. The lowest BCUT2D eigenvalue weighted by molar-refractivity contribution is 1.06. The molecule has 0 aromatic carbocycles. The van der Waals surface area contributed by atoms with E-state index in [-0.39, 0.29) is 0 Å².